The summed E-state index contributed by atoms with van der Waals surface area (Å²) in [6.45, 7) is 4.14. The molecule has 8 heteroatoms. The third kappa shape index (κ3) is 2.58. The molecule has 1 spiro atoms. The van der Waals surface area contributed by atoms with Gasteiger partial charge in [0.25, 0.3) is 11.8 Å². The molecule has 4 heterocycles. The van der Waals surface area contributed by atoms with E-state index >= 15 is 0 Å². The predicted octanol–water partition coefficient (Wildman–Crippen LogP) is 1.85. The van der Waals surface area contributed by atoms with E-state index in [1.54, 1.807) is 9.58 Å². The summed E-state index contributed by atoms with van der Waals surface area (Å²) < 4.78 is 1.75. The summed E-state index contributed by atoms with van der Waals surface area (Å²) in [5, 5.41) is 5.33. The molecular weight excluding hydrogens is 370 g/mol. The zero-order valence-electron chi connectivity index (χ0n) is 16.8. The maximum Gasteiger partial charge on any atom is 0.327 e. The largest absolute Gasteiger partial charge is 0.337 e. The van der Waals surface area contributed by atoms with Gasteiger partial charge < -0.3 is 9.80 Å². The molecule has 0 bridgehead atoms. The quantitative estimate of drug-likeness (QED) is 0.727. The fourth-order valence-electron chi connectivity index (χ4n) is 5.27. The number of amides is 4. The van der Waals surface area contributed by atoms with Crippen molar-refractivity contribution in [3.8, 4) is 0 Å². The van der Waals surface area contributed by atoms with Gasteiger partial charge in [-0.1, -0.05) is 18.2 Å². The fraction of sp³-hybridized carbons (Fsp3) is 0.524. The number of likely N-dealkylation sites (tertiary alicyclic amines) is 1. The second-order valence-electron chi connectivity index (χ2n) is 8.49. The summed E-state index contributed by atoms with van der Waals surface area (Å²) in [6, 6.07) is 7.29. The third-order valence-corrected chi connectivity index (χ3v) is 6.92. The van der Waals surface area contributed by atoms with Gasteiger partial charge in [0.15, 0.2) is 5.69 Å². The number of benzene rings is 1. The molecule has 5 rings (SSSR count). The van der Waals surface area contributed by atoms with Gasteiger partial charge in [-0.15, -0.1) is 0 Å². The molecule has 0 aliphatic carbocycles. The van der Waals surface area contributed by atoms with Gasteiger partial charge in [-0.25, -0.2) is 4.79 Å². The van der Waals surface area contributed by atoms with Crippen LogP contribution in [-0.2, 0) is 11.8 Å². The molecular formula is C21H25N5O3. The first-order chi connectivity index (χ1) is 13.9. The summed E-state index contributed by atoms with van der Waals surface area (Å²) in [5.74, 6) is -0.104. The molecule has 8 nitrogen and oxygen atoms in total. The van der Waals surface area contributed by atoms with Crippen molar-refractivity contribution in [3.63, 3.8) is 0 Å². The minimum absolute atomic E-state index is 0.0422. The van der Waals surface area contributed by atoms with Crippen molar-refractivity contribution < 1.29 is 14.4 Å². The molecule has 29 heavy (non-hydrogen) atoms. The monoisotopic (exact) mass is 395 g/mol. The van der Waals surface area contributed by atoms with Gasteiger partial charge in [0, 0.05) is 38.6 Å². The number of carbonyl (C=O) groups is 3. The lowest BCUT2D eigenvalue weighted by molar-refractivity contribution is -0.128. The number of likely N-dealkylation sites (N-methyl/N-ethyl adjacent to an activating group) is 1. The van der Waals surface area contributed by atoms with Crippen LogP contribution < -0.4 is 0 Å². The van der Waals surface area contributed by atoms with Crippen LogP contribution in [0.1, 0.15) is 36.7 Å². The molecule has 3 aliphatic heterocycles. The van der Waals surface area contributed by atoms with Crippen LogP contribution in [0.3, 0.4) is 0 Å². The number of aryl methyl sites for hydroxylation is 1. The Morgan fingerprint density at radius 3 is 2.62 bits per heavy atom. The molecule has 0 N–H and O–H groups in total. The zero-order chi connectivity index (χ0) is 20.3. The molecule has 4 amide bonds. The lowest BCUT2D eigenvalue weighted by Gasteiger charge is -2.39. The number of carbonyl (C=O) groups excluding carboxylic acids is 3. The Hall–Kier alpha value is -2.90. The van der Waals surface area contributed by atoms with Crippen LogP contribution in [0.25, 0.3) is 10.9 Å². The summed E-state index contributed by atoms with van der Waals surface area (Å²) in [4.78, 5) is 43.1. The van der Waals surface area contributed by atoms with Gasteiger partial charge in [-0.3, -0.25) is 19.2 Å². The van der Waals surface area contributed by atoms with Gasteiger partial charge in [0.2, 0.25) is 0 Å². The van der Waals surface area contributed by atoms with Crippen LogP contribution in [0, 0.1) is 5.41 Å². The highest BCUT2D eigenvalue weighted by molar-refractivity contribution is 6.05. The van der Waals surface area contributed by atoms with E-state index in [0.717, 1.165) is 23.7 Å². The molecule has 152 valence electrons. The summed E-state index contributed by atoms with van der Waals surface area (Å²) in [7, 11) is 1.85. The van der Waals surface area contributed by atoms with Gasteiger partial charge in [-0.2, -0.15) is 5.10 Å². The van der Waals surface area contributed by atoms with Crippen LogP contribution in [0.15, 0.2) is 24.3 Å². The molecule has 1 unspecified atom stereocenters. The van der Waals surface area contributed by atoms with Crippen molar-refractivity contribution in [1.82, 2.24) is 24.5 Å². The maximum atomic E-state index is 13.1. The highest BCUT2D eigenvalue weighted by Crippen LogP contribution is 2.46. The van der Waals surface area contributed by atoms with Crippen LogP contribution in [-0.4, -0.2) is 74.5 Å². The number of rotatable bonds is 2. The first kappa shape index (κ1) is 18.1. The van der Waals surface area contributed by atoms with E-state index in [9.17, 15) is 14.4 Å². The number of nitrogens with zero attached hydrogens (tertiary/aromatic N) is 5. The van der Waals surface area contributed by atoms with E-state index in [1.165, 1.54) is 4.90 Å². The van der Waals surface area contributed by atoms with Crippen LogP contribution in [0.4, 0.5) is 4.79 Å². The van der Waals surface area contributed by atoms with Crippen LogP contribution in [0.2, 0.25) is 0 Å². The topological polar surface area (TPSA) is 78.8 Å². The van der Waals surface area contributed by atoms with Crippen LogP contribution >= 0.6 is 0 Å². The minimum Gasteiger partial charge on any atom is -0.337 e. The number of hydrogen-bond donors (Lipinski definition) is 0. The Kier molecular flexibility index (Phi) is 3.94. The Bertz CT molecular complexity index is 994. The number of aromatic nitrogens is 2. The first-order valence-corrected chi connectivity index (χ1v) is 10.3. The second kappa shape index (κ2) is 6.30. The Morgan fingerprint density at radius 2 is 1.93 bits per heavy atom. The van der Waals surface area contributed by atoms with E-state index < -0.39 is 0 Å². The standard InChI is InChI=1S/C21H25N5O3/c1-3-25-18(27)16-12-21(13-26(16)20(25)29)8-10-24(11-9-21)19(28)17-14-6-4-5-7-15(14)23(2)22-17/h4-7,16H,3,8-13H2,1-2H3. The van der Waals surface area contributed by atoms with E-state index in [4.69, 9.17) is 0 Å². The van der Waals surface area contributed by atoms with Crippen molar-refractivity contribution in [2.45, 2.75) is 32.2 Å². The summed E-state index contributed by atoms with van der Waals surface area (Å²) in [6.07, 6.45) is 2.33. The highest BCUT2D eigenvalue weighted by atomic mass is 16.2. The van der Waals surface area contributed by atoms with Crippen LogP contribution in [0.5, 0.6) is 0 Å². The normalized spacial score (nSPS) is 23.5. The van der Waals surface area contributed by atoms with Gasteiger partial charge in [0.1, 0.15) is 6.04 Å². The second-order valence-corrected chi connectivity index (χ2v) is 8.49. The van der Waals surface area contributed by atoms with Crippen molar-refractivity contribution in [2.75, 3.05) is 26.2 Å². The summed E-state index contributed by atoms with van der Waals surface area (Å²) in [5.41, 5.74) is 1.38. The minimum atomic E-state index is -0.315. The van der Waals surface area contributed by atoms with Crippen molar-refractivity contribution in [3.05, 3.63) is 30.0 Å². The van der Waals surface area contributed by atoms with Gasteiger partial charge in [0.05, 0.1) is 5.52 Å². The molecule has 1 atom stereocenters. The van der Waals surface area contributed by atoms with E-state index in [1.807, 2.05) is 43.1 Å². The average molecular weight is 395 g/mol. The Morgan fingerprint density at radius 1 is 1.21 bits per heavy atom. The predicted molar refractivity (Wildman–Crippen MR) is 106 cm³/mol. The molecule has 3 saturated heterocycles. The summed E-state index contributed by atoms with van der Waals surface area (Å²) >= 11 is 0. The zero-order valence-corrected chi connectivity index (χ0v) is 16.8. The number of urea groups is 1. The highest BCUT2D eigenvalue weighted by Gasteiger charge is 2.56. The van der Waals surface area contributed by atoms with Gasteiger partial charge >= 0.3 is 6.03 Å². The van der Waals surface area contributed by atoms with E-state index in [-0.39, 0.29) is 29.3 Å². The van der Waals surface area contributed by atoms with E-state index in [2.05, 4.69) is 5.10 Å². The van der Waals surface area contributed by atoms with Crippen molar-refractivity contribution in [1.29, 1.82) is 0 Å². The van der Waals surface area contributed by atoms with Crippen molar-refractivity contribution >= 4 is 28.7 Å². The van der Waals surface area contributed by atoms with Gasteiger partial charge in [-0.05, 0) is 37.7 Å². The lowest BCUT2D eigenvalue weighted by Crippen LogP contribution is -2.45. The first-order valence-electron chi connectivity index (χ1n) is 10.3. The fourth-order valence-corrected chi connectivity index (χ4v) is 5.27. The Labute approximate surface area is 169 Å². The SMILES string of the molecule is CCN1C(=O)C2CC3(CCN(C(=O)c4nn(C)c5ccccc45)CC3)CN2C1=O. The molecule has 0 radical (unpaired) electrons. The van der Waals surface area contributed by atoms with E-state index in [0.29, 0.717) is 38.3 Å². The van der Waals surface area contributed by atoms with Crippen molar-refractivity contribution in [2.24, 2.45) is 12.5 Å². The molecule has 3 aliphatic rings. The third-order valence-electron chi connectivity index (χ3n) is 6.92. The number of fused-ring (bicyclic) bond motifs is 2. The Balaban J connectivity index is 1.31. The molecule has 0 saturated carbocycles. The molecule has 3 fully saturated rings. The maximum absolute atomic E-state index is 13.1. The molecule has 1 aromatic carbocycles. The number of imide groups is 1. The number of piperidine rings is 1. The number of para-hydroxylation sites is 1. The smallest absolute Gasteiger partial charge is 0.327 e. The number of hydrogen-bond acceptors (Lipinski definition) is 4. The molecule has 1 aromatic heterocycles. The lowest BCUT2D eigenvalue weighted by atomic mass is 9.76. The molecule has 2 aromatic rings. The average Bonchev–Trinajstić information content (AvgIpc) is 3.33.